The maximum Gasteiger partial charge on any atom is 0.0197 e. The molecule has 0 aromatic carbocycles. The van der Waals surface area contributed by atoms with E-state index in [-0.39, 0.29) is 0 Å². The predicted molar refractivity (Wildman–Crippen MR) is 74.2 cm³/mol. The van der Waals surface area contributed by atoms with Gasteiger partial charge in [0.25, 0.3) is 0 Å². The number of nitrogens with one attached hydrogen (secondary N) is 1. The standard InChI is InChI=1S/C15H30N2/c1-4-14-7-8-16-15(10-14)11-17-9-5-6-12(2)13(17)3/h12-16H,4-11H2,1-3H3. The van der Waals surface area contributed by atoms with Crippen LogP contribution in [0.1, 0.15) is 52.9 Å². The van der Waals surface area contributed by atoms with Crippen LogP contribution in [-0.2, 0) is 0 Å². The fraction of sp³-hybridized carbons (Fsp3) is 1.00. The second kappa shape index (κ2) is 6.19. The molecule has 0 saturated carbocycles. The van der Waals surface area contributed by atoms with E-state index in [0.29, 0.717) is 0 Å². The van der Waals surface area contributed by atoms with E-state index in [2.05, 4.69) is 31.0 Å². The Morgan fingerprint density at radius 2 is 2.06 bits per heavy atom. The molecule has 4 unspecified atom stereocenters. The Hall–Kier alpha value is -0.0800. The van der Waals surface area contributed by atoms with Gasteiger partial charge in [-0.1, -0.05) is 20.3 Å². The van der Waals surface area contributed by atoms with Crippen molar-refractivity contribution in [1.29, 1.82) is 0 Å². The van der Waals surface area contributed by atoms with Crippen LogP contribution in [0.25, 0.3) is 0 Å². The van der Waals surface area contributed by atoms with Crippen molar-refractivity contribution in [2.24, 2.45) is 11.8 Å². The Kier molecular flexibility index (Phi) is 4.87. The second-order valence-electron chi connectivity index (χ2n) is 6.30. The highest BCUT2D eigenvalue weighted by atomic mass is 15.2. The minimum absolute atomic E-state index is 0.751. The minimum atomic E-state index is 0.751. The Morgan fingerprint density at radius 3 is 2.82 bits per heavy atom. The first-order chi connectivity index (χ1) is 8.20. The normalized spacial score (nSPS) is 40.4. The third-order valence-corrected chi connectivity index (χ3v) is 5.14. The summed E-state index contributed by atoms with van der Waals surface area (Å²) < 4.78 is 0. The van der Waals surface area contributed by atoms with E-state index in [9.17, 15) is 0 Å². The minimum Gasteiger partial charge on any atom is -0.313 e. The Morgan fingerprint density at radius 1 is 1.24 bits per heavy atom. The molecular formula is C15H30N2. The number of piperidine rings is 2. The average molecular weight is 238 g/mol. The summed E-state index contributed by atoms with van der Waals surface area (Å²) in [5.41, 5.74) is 0. The first-order valence-corrected chi connectivity index (χ1v) is 7.68. The smallest absolute Gasteiger partial charge is 0.0197 e. The zero-order chi connectivity index (χ0) is 12.3. The molecule has 2 heteroatoms. The third-order valence-electron chi connectivity index (χ3n) is 5.14. The number of nitrogens with zero attached hydrogens (tertiary/aromatic N) is 1. The van der Waals surface area contributed by atoms with Gasteiger partial charge in [-0.15, -0.1) is 0 Å². The van der Waals surface area contributed by atoms with Crippen LogP contribution < -0.4 is 5.32 Å². The highest BCUT2D eigenvalue weighted by Crippen LogP contribution is 2.25. The molecule has 2 heterocycles. The van der Waals surface area contributed by atoms with Gasteiger partial charge >= 0.3 is 0 Å². The second-order valence-corrected chi connectivity index (χ2v) is 6.30. The van der Waals surface area contributed by atoms with Crippen molar-refractivity contribution >= 4 is 0 Å². The van der Waals surface area contributed by atoms with Gasteiger partial charge in [0.05, 0.1) is 0 Å². The average Bonchev–Trinajstić information content (AvgIpc) is 2.35. The number of likely N-dealkylation sites (tertiary alicyclic amines) is 1. The van der Waals surface area contributed by atoms with Gasteiger partial charge in [-0.05, 0) is 57.5 Å². The van der Waals surface area contributed by atoms with Crippen molar-refractivity contribution in [2.45, 2.75) is 65.0 Å². The number of hydrogen-bond donors (Lipinski definition) is 1. The largest absolute Gasteiger partial charge is 0.313 e. The molecule has 0 aliphatic carbocycles. The maximum atomic E-state index is 3.72. The molecule has 0 bridgehead atoms. The Labute approximate surface area is 107 Å². The molecule has 4 atom stereocenters. The molecule has 0 amide bonds. The molecule has 17 heavy (non-hydrogen) atoms. The van der Waals surface area contributed by atoms with Crippen molar-refractivity contribution < 1.29 is 0 Å². The fourth-order valence-electron chi connectivity index (χ4n) is 3.57. The Balaban J connectivity index is 1.83. The Bertz CT molecular complexity index is 229. The molecule has 2 rings (SSSR count). The van der Waals surface area contributed by atoms with Crippen LogP contribution in [0, 0.1) is 11.8 Å². The van der Waals surface area contributed by atoms with Crippen molar-refractivity contribution in [3.8, 4) is 0 Å². The predicted octanol–water partition coefficient (Wildman–Crippen LogP) is 2.89. The summed E-state index contributed by atoms with van der Waals surface area (Å²) in [7, 11) is 0. The molecule has 0 aromatic heterocycles. The van der Waals surface area contributed by atoms with Gasteiger partial charge in [-0.2, -0.15) is 0 Å². The van der Waals surface area contributed by atoms with Gasteiger partial charge in [0.15, 0.2) is 0 Å². The molecular weight excluding hydrogens is 208 g/mol. The van der Waals surface area contributed by atoms with E-state index < -0.39 is 0 Å². The zero-order valence-electron chi connectivity index (χ0n) is 11.9. The topological polar surface area (TPSA) is 15.3 Å². The van der Waals surface area contributed by atoms with Crippen molar-refractivity contribution in [3.63, 3.8) is 0 Å². The summed E-state index contributed by atoms with van der Waals surface area (Å²) in [5.74, 6) is 1.85. The van der Waals surface area contributed by atoms with E-state index >= 15 is 0 Å². The van der Waals surface area contributed by atoms with Crippen molar-refractivity contribution in [3.05, 3.63) is 0 Å². The summed E-state index contributed by atoms with van der Waals surface area (Å²) in [6.45, 7) is 11.0. The van der Waals surface area contributed by atoms with E-state index in [1.807, 2.05) is 0 Å². The lowest BCUT2D eigenvalue weighted by Gasteiger charge is -2.41. The van der Waals surface area contributed by atoms with Crippen LogP contribution in [-0.4, -0.2) is 36.6 Å². The first-order valence-electron chi connectivity index (χ1n) is 7.68. The van der Waals surface area contributed by atoms with E-state index in [1.54, 1.807) is 0 Å². The van der Waals surface area contributed by atoms with Crippen LogP contribution in [0.4, 0.5) is 0 Å². The SMILES string of the molecule is CCC1CCNC(CN2CCCC(C)C2C)C1. The molecule has 2 saturated heterocycles. The quantitative estimate of drug-likeness (QED) is 0.813. The van der Waals surface area contributed by atoms with E-state index in [1.165, 1.54) is 51.7 Å². The van der Waals surface area contributed by atoms with Crippen molar-refractivity contribution in [2.75, 3.05) is 19.6 Å². The lowest BCUT2D eigenvalue weighted by Crippen LogP contribution is -2.51. The number of rotatable bonds is 3. The lowest BCUT2D eigenvalue weighted by atomic mass is 9.88. The zero-order valence-corrected chi connectivity index (χ0v) is 11.9. The molecule has 2 nitrogen and oxygen atoms in total. The molecule has 2 aliphatic rings. The molecule has 2 aliphatic heterocycles. The molecule has 2 fully saturated rings. The molecule has 100 valence electrons. The van der Waals surface area contributed by atoms with Gasteiger partial charge in [-0.25, -0.2) is 0 Å². The lowest BCUT2D eigenvalue weighted by molar-refractivity contribution is 0.0919. The third kappa shape index (κ3) is 3.45. The molecule has 0 radical (unpaired) electrons. The van der Waals surface area contributed by atoms with Gasteiger partial charge in [0.2, 0.25) is 0 Å². The maximum absolute atomic E-state index is 3.72. The molecule has 1 N–H and O–H groups in total. The van der Waals surface area contributed by atoms with E-state index in [0.717, 1.165) is 23.9 Å². The number of hydrogen-bond acceptors (Lipinski definition) is 2. The summed E-state index contributed by atoms with van der Waals surface area (Å²) in [6, 6.07) is 1.54. The van der Waals surface area contributed by atoms with Crippen LogP contribution >= 0.6 is 0 Å². The van der Waals surface area contributed by atoms with Gasteiger partial charge in [-0.3, -0.25) is 4.90 Å². The highest BCUT2D eigenvalue weighted by molar-refractivity contribution is 4.85. The monoisotopic (exact) mass is 238 g/mol. The summed E-state index contributed by atoms with van der Waals surface area (Å²) in [6.07, 6.45) is 6.97. The van der Waals surface area contributed by atoms with Crippen LogP contribution in [0.2, 0.25) is 0 Å². The first kappa shape index (κ1) is 13.4. The van der Waals surface area contributed by atoms with Gasteiger partial charge < -0.3 is 5.32 Å². The molecule has 0 aromatic rings. The summed E-state index contributed by atoms with van der Waals surface area (Å²) in [4.78, 5) is 2.73. The van der Waals surface area contributed by atoms with Gasteiger partial charge in [0.1, 0.15) is 0 Å². The van der Waals surface area contributed by atoms with Crippen LogP contribution in [0.15, 0.2) is 0 Å². The van der Waals surface area contributed by atoms with Crippen LogP contribution in [0.3, 0.4) is 0 Å². The summed E-state index contributed by atoms with van der Waals surface area (Å²) in [5, 5.41) is 3.72. The fourth-order valence-corrected chi connectivity index (χ4v) is 3.57. The van der Waals surface area contributed by atoms with Gasteiger partial charge in [0, 0.05) is 18.6 Å². The summed E-state index contributed by atoms with van der Waals surface area (Å²) >= 11 is 0. The highest BCUT2D eigenvalue weighted by Gasteiger charge is 2.28. The van der Waals surface area contributed by atoms with E-state index in [4.69, 9.17) is 0 Å². The van der Waals surface area contributed by atoms with Crippen molar-refractivity contribution in [1.82, 2.24) is 10.2 Å². The molecule has 0 spiro atoms. The van der Waals surface area contributed by atoms with Crippen LogP contribution in [0.5, 0.6) is 0 Å².